The molecule has 28 heavy (non-hydrogen) atoms. The lowest BCUT2D eigenvalue weighted by Crippen LogP contribution is -2.58. The summed E-state index contributed by atoms with van der Waals surface area (Å²) in [6.07, 6.45) is 0. The molecule has 1 N–H and O–H groups in total. The second-order valence-electron chi connectivity index (χ2n) is 6.34. The van der Waals surface area contributed by atoms with Gasteiger partial charge in [-0.2, -0.15) is 0 Å². The molecular weight excluding hydrogens is 382 g/mol. The summed E-state index contributed by atoms with van der Waals surface area (Å²) in [7, 11) is 3.10. The predicted molar refractivity (Wildman–Crippen MR) is 109 cm³/mol. The number of rotatable bonds is 4. The van der Waals surface area contributed by atoms with Crippen molar-refractivity contribution in [3.63, 3.8) is 0 Å². The number of methoxy groups -OCH3 is 2. The number of halogens is 1. The first-order valence-corrected chi connectivity index (χ1v) is 9.19. The molecule has 0 bridgehead atoms. The van der Waals surface area contributed by atoms with Crippen LogP contribution in [-0.2, 0) is 4.79 Å². The monoisotopic (exact) mass is 403 g/mol. The number of carbonyl (C=O) groups excluding carboxylic acids is 2. The summed E-state index contributed by atoms with van der Waals surface area (Å²) in [6.45, 7) is 2.49. The molecule has 1 atom stereocenters. The van der Waals surface area contributed by atoms with E-state index in [4.69, 9.17) is 21.1 Å². The van der Waals surface area contributed by atoms with Crippen molar-refractivity contribution in [3.05, 3.63) is 47.5 Å². The minimum atomic E-state index is -0.610. The summed E-state index contributed by atoms with van der Waals surface area (Å²) in [5.41, 5.74) is 1.28. The predicted octanol–water partition coefficient (Wildman–Crippen LogP) is 3.63. The third-order valence-corrected chi connectivity index (χ3v) is 4.91. The number of urea groups is 1. The molecule has 0 radical (unpaired) electrons. The molecule has 2 aromatic carbocycles. The summed E-state index contributed by atoms with van der Waals surface area (Å²) >= 11 is 5.95. The average Bonchev–Trinajstić information content (AvgIpc) is 2.69. The van der Waals surface area contributed by atoms with E-state index in [-0.39, 0.29) is 11.9 Å². The summed E-state index contributed by atoms with van der Waals surface area (Å²) in [4.78, 5) is 28.7. The van der Waals surface area contributed by atoms with Gasteiger partial charge in [0.15, 0.2) is 11.5 Å². The van der Waals surface area contributed by atoms with Crippen molar-refractivity contribution in [2.45, 2.75) is 13.0 Å². The molecular formula is C20H22ClN3O4. The van der Waals surface area contributed by atoms with Crippen LogP contribution in [0.15, 0.2) is 42.5 Å². The maximum atomic E-state index is 12.9. The maximum absolute atomic E-state index is 12.9. The highest BCUT2D eigenvalue weighted by molar-refractivity contribution is 6.30. The van der Waals surface area contributed by atoms with Crippen LogP contribution < -0.4 is 19.7 Å². The minimum absolute atomic E-state index is 0.167. The first-order valence-electron chi connectivity index (χ1n) is 8.81. The zero-order valence-corrected chi connectivity index (χ0v) is 16.7. The van der Waals surface area contributed by atoms with Crippen LogP contribution in [0.1, 0.15) is 6.92 Å². The third-order valence-electron chi connectivity index (χ3n) is 4.67. The Kier molecular flexibility index (Phi) is 5.94. The second-order valence-corrected chi connectivity index (χ2v) is 6.78. The van der Waals surface area contributed by atoms with E-state index in [1.165, 1.54) is 4.90 Å². The van der Waals surface area contributed by atoms with E-state index in [0.29, 0.717) is 41.0 Å². The molecule has 3 amide bonds. The van der Waals surface area contributed by atoms with Gasteiger partial charge in [0, 0.05) is 35.6 Å². The summed E-state index contributed by atoms with van der Waals surface area (Å²) in [5, 5.41) is 3.31. The van der Waals surface area contributed by atoms with Gasteiger partial charge in [-0.1, -0.05) is 17.7 Å². The Bertz CT molecular complexity index is 890. The van der Waals surface area contributed by atoms with Crippen molar-refractivity contribution < 1.29 is 19.1 Å². The fraction of sp³-hybridized carbons (Fsp3) is 0.300. The number of piperazine rings is 1. The van der Waals surface area contributed by atoms with E-state index in [2.05, 4.69) is 5.32 Å². The molecule has 1 aliphatic rings. The van der Waals surface area contributed by atoms with Crippen molar-refractivity contribution in [1.29, 1.82) is 0 Å². The molecule has 0 aromatic heterocycles. The van der Waals surface area contributed by atoms with Crippen LogP contribution in [0.2, 0.25) is 5.02 Å². The van der Waals surface area contributed by atoms with E-state index in [0.717, 1.165) is 0 Å². The zero-order chi connectivity index (χ0) is 20.3. The number of ether oxygens (including phenoxy) is 2. The van der Waals surface area contributed by atoms with Gasteiger partial charge in [0.05, 0.1) is 14.2 Å². The Balaban J connectivity index is 1.73. The Hall–Kier alpha value is -2.93. The van der Waals surface area contributed by atoms with Crippen LogP contribution in [0, 0.1) is 0 Å². The number of anilines is 2. The lowest BCUT2D eigenvalue weighted by Gasteiger charge is -2.39. The maximum Gasteiger partial charge on any atom is 0.322 e. The highest BCUT2D eigenvalue weighted by Gasteiger charge is 2.35. The lowest BCUT2D eigenvalue weighted by atomic mass is 10.1. The van der Waals surface area contributed by atoms with Gasteiger partial charge >= 0.3 is 6.03 Å². The molecule has 1 fully saturated rings. The Labute approximate surface area is 168 Å². The van der Waals surface area contributed by atoms with Crippen molar-refractivity contribution in [1.82, 2.24) is 4.90 Å². The SMILES string of the molecule is COc1ccc(N2CCN(C(=O)Nc3cccc(Cl)c3)C(C)C2=O)cc1OC. The van der Waals surface area contributed by atoms with Gasteiger partial charge in [-0.05, 0) is 37.3 Å². The fourth-order valence-electron chi connectivity index (χ4n) is 3.16. The molecule has 1 unspecified atom stereocenters. The average molecular weight is 404 g/mol. The van der Waals surface area contributed by atoms with E-state index < -0.39 is 6.04 Å². The number of amides is 3. The molecule has 3 rings (SSSR count). The number of hydrogen-bond acceptors (Lipinski definition) is 4. The minimum Gasteiger partial charge on any atom is -0.493 e. The molecule has 7 nitrogen and oxygen atoms in total. The van der Waals surface area contributed by atoms with E-state index >= 15 is 0 Å². The Morgan fingerprint density at radius 2 is 1.86 bits per heavy atom. The van der Waals surface area contributed by atoms with Crippen molar-refractivity contribution in [2.24, 2.45) is 0 Å². The van der Waals surface area contributed by atoms with Crippen LogP contribution in [0.4, 0.5) is 16.2 Å². The van der Waals surface area contributed by atoms with E-state index in [1.54, 1.807) is 68.5 Å². The Morgan fingerprint density at radius 1 is 1.11 bits per heavy atom. The van der Waals surface area contributed by atoms with Crippen molar-refractivity contribution >= 4 is 34.9 Å². The number of nitrogens with zero attached hydrogens (tertiary/aromatic N) is 2. The highest BCUT2D eigenvalue weighted by Crippen LogP contribution is 2.32. The van der Waals surface area contributed by atoms with Gasteiger partial charge in [0.2, 0.25) is 5.91 Å². The van der Waals surface area contributed by atoms with E-state index in [1.807, 2.05) is 0 Å². The quantitative estimate of drug-likeness (QED) is 0.846. The first kappa shape index (κ1) is 19.8. The fourth-order valence-corrected chi connectivity index (χ4v) is 3.35. The first-order chi connectivity index (χ1) is 13.4. The zero-order valence-electron chi connectivity index (χ0n) is 15.9. The lowest BCUT2D eigenvalue weighted by molar-refractivity contribution is -0.123. The van der Waals surface area contributed by atoms with Gasteiger partial charge in [-0.3, -0.25) is 4.79 Å². The highest BCUT2D eigenvalue weighted by atomic mass is 35.5. The van der Waals surface area contributed by atoms with Gasteiger partial charge < -0.3 is 24.6 Å². The topological polar surface area (TPSA) is 71.1 Å². The molecule has 0 saturated carbocycles. The Morgan fingerprint density at radius 3 is 2.54 bits per heavy atom. The smallest absolute Gasteiger partial charge is 0.322 e. The number of benzene rings is 2. The van der Waals surface area contributed by atoms with Crippen LogP contribution >= 0.6 is 11.6 Å². The summed E-state index contributed by atoms with van der Waals surface area (Å²) in [6, 6.07) is 11.2. The second kappa shape index (κ2) is 8.39. The normalized spacial score (nSPS) is 16.7. The van der Waals surface area contributed by atoms with Gasteiger partial charge in [-0.25, -0.2) is 4.79 Å². The summed E-state index contributed by atoms with van der Waals surface area (Å²) < 4.78 is 10.6. The van der Waals surface area contributed by atoms with Crippen LogP contribution in [0.3, 0.4) is 0 Å². The number of nitrogens with one attached hydrogen (secondary N) is 1. The standard InChI is InChI=1S/C20H22ClN3O4/c1-13-19(25)24(16-7-8-17(27-2)18(12-16)28-3)10-9-23(13)20(26)22-15-6-4-5-14(21)11-15/h4-8,11-13H,9-10H2,1-3H3,(H,22,26). The molecule has 8 heteroatoms. The van der Waals surface area contributed by atoms with Crippen LogP contribution in [-0.4, -0.2) is 50.2 Å². The van der Waals surface area contributed by atoms with Gasteiger partial charge in [-0.15, -0.1) is 0 Å². The number of carbonyl (C=O) groups is 2. The third kappa shape index (κ3) is 3.99. The van der Waals surface area contributed by atoms with Gasteiger partial charge in [0.25, 0.3) is 0 Å². The van der Waals surface area contributed by atoms with Crippen LogP contribution in [0.25, 0.3) is 0 Å². The van der Waals surface area contributed by atoms with Crippen molar-refractivity contribution in [3.8, 4) is 11.5 Å². The molecule has 1 saturated heterocycles. The van der Waals surface area contributed by atoms with Crippen LogP contribution in [0.5, 0.6) is 11.5 Å². The van der Waals surface area contributed by atoms with Gasteiger partial charge in [0.1, 0.15) is 6.04 Å². The molecule has 1 aliphatic heterocycles. The molecule has 148 valence electrons. The van der Waals surface area contributed by atoms with Crippen molar-refractivity contribution in [2.75, 3.05) is 37.5 Å². The molecule has 2 aromatic rings. The summed E-state index contributed by atoms with van der Waals surface area (Å²) in [5.74, 6) is 0.965. The molecule has 0 spiro atoms. The molecule has 1 heterocycles. The number of hydrogen-bond donors (Lipinski definition) is 1. The van der Waals surface area contributed by atoms with E-state index in [9.17, 15) is 9.59 Å². The molecule has 0 aliphatic carbocycles. The largest absolute Gasteiger partial charge is 0.493 e.